The maximum Gasteiger partial charge on any atom is 0.285 e. The highest BCUT2D eigenvalue weighted by atomic mass is 32.2. The Hall–Kier alpha value is -2.52. The summed E-state index contributed by atoms with van der Waals surface area (Å²) in [7, 11) is -4.02. The Labute approximate surface area is 120 Å². The Kier molecular flexibility index (Phi) is 4.15. The van der Waals surface area contributed by atoms with E-state index in [0.717, 1.165) is 18.0 Å². The number of carbonyl (C=O) groups excluding carboxylic acids is 1. The van der Waals surface area contributed by atoms with Crippen LogP contribution in [0.5, 0.6) is 0 Å². The molecule has 0 atom stereocenters. The van der Waals surface area contributed by atoms with Gasteiger partial charge in [0, 0.05) is 12.7 Å². The molecule has 0 saturated heterocycles. The van der Waals surface area contributed by atoms with Gasteiger partial charge in [-0.3, -0.25) is 9.59 Å². The van der Waals surface area contributed by atoms with Crippen LogP contribution in [0, 0.1) is 0 Å². The molecule has 0 aliphatic heterocycles. The molecular formula is C12H12N4O4S. The number of benzene rings is 1. The molecule has 1 heterocycles. The molecule has 0 saturated carbocycles. The number of amides is 1. The van der Waals surface area contributed by atoms with Gasteiger partial charge in [-0.25, -0.2) is 18.1 Å². The monoisotopic (exact) mass is 308 g/mol. The van der Waals surface area contributed by atoms with Crippen LogP contribution in [0.25, 0.3) is 0 Å². The van der Waals surface area contributed by atoms with Gasteiger partial charge in [0.05, 0.1) is 11.1 Å². The smallest absolute Gasteiger partial charge is 0.285 e. The van der Waals surface area contributed by atoms with Gasteiger partial charge >= 0.3 is 0 Å². The minimum absolute atomic E-state index is 0.0718. The number of nitrogens with zero attached hydrogens (tertiary/aromatic N) is 1. The van der Waals surface area contributed by atoms with Gasteiger partial charge in [-0.15, -0.1) is 0 Å². The lowest BCUT2D eigenvalue weighted by Gasteiger charge is -2.06. The SMILES string of the molecule is NCc1ccc(S(=O)(=O)NC(=O)c2c[nH]c(=O)cn2)cc1. The number of rotatable bonds is 4. The van der Waals surface area contributed by atoms with Gasteiger partial charge in [0.25, 0.3) is 21.5 Å². The van der Waals surface area contributed by atoms with Crippen molar-refractivity contribution in [1.29, 1.82) is 0 Å². The lowest BCUT2D eigenvalue weighted by molar-refractivity contribution is 0.0976. The fourth-order valence-corrected chi connectivity index (χ4v) is 2.47. The topological polar surface area (TPSA) is 135 Å². The lowest BCUT2D eigenvalue weighted by Crippen LogP contribution is -2.31. The molecule has 0 radical (unpaired) electrons. The summed E-state index contributed by atoms with van der Waals surface area (Å²) >= 11 is 0. The standard InChI is InChI=1S/C12H12N4O4S/c13-5-8-1-3-9(4-2-8)21(19,20)16-12(18)10-6-15-11(17)7-14-10/h1-4,6-7H,5,13H2,(H,15,17)(H,16,18). The molecule has 1 aromatic carbocycles. The van der Waals surface area contributed by atoms with Crippen LogP contribution in [-0.2, 0) is 16.6 Å². The van der Waals surface area contributed by atoms with Crippen LogP contribution in [0.4, 0.5) is 0 Å². The van der Waals surface area contributed by atoms with E-state index in [1.54, 1.807) is 12.1 Å². The summed E-state index contributed by atoms with van der Waals surface area (Å²) in [5, 5.41) is 0. The number of H-pyrrole nitrogens is 1. The molecule has 0 aliphatic carbocycles. The second kappa shape index (κ2) is 5.85. The van der Waals surface area contributed by atoms with Gasteiger partial charge in [-0.1, -0.05) is 12.1 Å². The molecule has 21 heavy (non-hydrogen) atoms. The summed E-state index contributed by atoms with van der Waals surface area (Å²) in [4.78, 5) is 28.3. The van der Waals surface area contributed by atoms with Crippen molar-refractivity contribution in [3.05, 3.63) is 58.3 Å². The molecule has 0 unspecified atom stereocenters. The van der Waals surface area contributed by atoms with Gasteiger partial charge in [-0.05, 0) is 17.7 Å². The fraction of sp³-hybridized carbons (Fsp3) is 0.0833. The van der Waals surface area contributed by atoms with E-state index in [-0.39, 0.29) is 17.1 Å². The summed E-state index contributed by atoms with van der Waals surface area (Å²) in [6, 6.07) is 5.80. The molecule has 1 aromatic heterocycles. The fourth-order valence-electron chi connectivity index (χ4n) is 1.50. The molecule has 0 aliphatic rings. The number of hydrogen-bond donors (Lipinski definition) is 3. The highest BCUT2D eigenvalue weighted by Crippen LogP contribution is 2.10. The van der Waals surface area contributed by atoms with E-state index < -0.39 is 21.5 Å². The molecule has 0 fully saturated rings. The number of carbonyl (C=O) groups is 1. The first-order valence-corrected chi connectivity index (χ1v) is 7.31. The van der Waals surface area contributed by atoms with Crippen LogP contribution in [0.3, 0.4) is 0 Å². The van der Waals surface area contributed by atoms with E-state index in [0.29, 0.717) is 0 Å². The maximum atomic E-state index is 12.0. The van der Waals surface area contributed by atoms with Gasteiger partial charge in [0.1, 0.15) is 5.69 Å². The summed E-state index contributed by atoms with van der Waals surface area (Å²) < 4.78 is 25.9. The zero-order chi connectivity index (χ0) is 15.5. The van der Waals surface area contributed by atoms with E-state index >= 15 is 0 Å². The second-order valence-corrected chi connectivity index (χ2v) is 5.76. The molecular weight excluding hydrogens is 296 g/mol. The van der Waals surface area contributed by atoms with Crippen molar-refractivity contribution in [2.75, 3.05) is 0 Å². The minimum Gasteiger partial charge on any atom is -0.326 e. The van der Waals surface area contributed by atoms with Gasteiger partial charge < -0.3 is 10.7 Å². The third kappa shape index (κ3) is 3.52. The molecule has 4 N–H and O–H groups in total. The average molecular weight is 308 g/mol. The number of hydrogen-bond acceptors (Lipinski definition) is 6. The zero-order valence-electron chi connectivity index (χ0n) is 10.7. The Morgan fingerprint density at radius 3 is 2.48 bits per heavy atom. The van der Waals surface area contributed by atoms with Crippen LogP contribution in [0.1, 0.15) is 16.1 Å². The van der Waals surface area contributed by atoms with E-state index in [2.05, 4.69) is 9.97 Å². The van der Waals surface area contributed by atoms with Crippen molar-refractivity contribution in [2.24, 2.45) is 5.73 Å². The predicted molar refractivity (Wildman–Crippen MR) is 73.8 cm³/mol. The van der Waals surface area contributed by atoms with Crippen molar-refractivity contribution >= 4 is 15.9 Å². The molecule has 110 valence electrons. The number of nitrogens with one attached hydrogen (secondary N) is 2. The van der Waals surface area contributed by atoms with E-state index in [1.807, 2.05) is 4.72 Å². The minimum atomic E-state index is -4.02. The van der Waals surface area contributed by atoms with Crippen molar-refractivity contribution in [2.45, 2.75) is 11.4 Å². The first kappa shape index (κ1) is 14.9. The molecule has 2 rings (SSSR count). The Morgan fingerprint density at radius 1 is 1.29 bits per heavy atom. The van der Waals surface area contributed by atoms with Crippen molar-refractivity contribution in [1.82, 2.24) is 14.7 Å². The number of aromatic amines is 1. The molecule has 0 bridgehead atoms. The summed E-state index contributed by atoms with van der Waals surface area (Å²) in [5.74, 6) is -0.936. The van der Waals surface area contributed by atoms with Crippen LogP contribution in [0.15, 0.2) is 46.3 Å². The lowest BCUT2D eigenvalue weighted by atomic mass is 10.2. The summed E-state index contributed by atoms with van der Waals surface area (Å²) in [6.45, 7) is 0.286. The number of sulfonamides is 1. The van der Waals surface area contributed by atoms with Crippen LogP contribution in [0.2, 0.25) is 0 Å². The van der Waals surface area contributed by atoms with Gasteiger partial charge in [0.15, 0.2) is 0 Å². The Bertz CT molecular complexity index is 791. The van der Waals surface area contributed by atoms with Crippen LogP contribution in [-0.4, -0.2) is 24.3 Å². The first-order valence-electron chi connectivity index (χ1n) is 5.83. The van der Waals surface area contributed by atoms with Crippen LogP contribution >= 0.6 is 0 Å². The summed E-state index contributed by atoms with van der Waals surface area (Å²) in [6.07, 6.45) is 1.92. The molecule has 2 aromatic rings. The number of aromatic nitrogens is 2. The predicted octanol–water partition coefficient (Wildman–Crippen LogP) is -0.653. The normalized spacial score (nSPS) is 11.1. The van der Waals surface area contributed by atoms with Crippen LogP contribution < -0.4 is 16.0 Å². The number of nitrogens with two attached hydrogens (primary N) is 1. The van der Waals surface area contributed by atoms with E-state index in [4.69, 9.17) is 5.73 Å². The highest BCUT2D eigenvalue weighted by Gasteiger charge is 2.19. The molecule has 9 heteroatoms. The summed E-state index contributed by atoms with van der Waals surface area (Å²) in [5.41, 5.74) is 5.48. The van der Waals surface area contributed by atoms with E-state index in [9.17, 15) is 18.0 Å². The first-order chi connectivity index (χ1) is 9.92. The molecule has 8 nitrogen and oxygen atoms in total. The zero-order valence-corrected chi connectivity index (χ0v) is 11.6. The Morgan fingerprint density at radius 2 is 1.95 bits per heavy atom. The third-order valence-electron chi connectivity index (χ3n) is 2.60. The largest absolute Gasteiger partial charge is 0.326 e. The quantitative estimate of drug-likeness (QED) is 0.686. The van der Waals surface area contributed by atoms with Crippen molar-refractivity contribution < 1.29 is 13.2 Å². The maximum absolute atomic E-state index is 12.0. The Balaban J connectivity index is 2.21. The van der Waals surface area contributed by atoms with Crippen molar-refractivity contribution in [3.8, 4) is 0 Å². The molecule has 1 amide bonds. The van der Waals surface area contributed by atoms with Gasteiger partial charge in [-0.2, -0.15) is 0 Å². The molecule has 0 spiro atoms. The van der Waals surface area contributed by atoms with E-state index in [1.165, 1.54) is 12.1 Å². The van der Waals surface area contributed by atoms with Gasteiger partial charge in [0.2, 0.25) is 0 Å². The third-order valence-corrected chi connectivity index (χ3v) is 3.95. The van der Waals surface area contributed by atoms with Crippen molar-refractivity contribution in [3.63, 3.8) is 0 Å². The highest BCUT2D eigenvalue weighted by molar-refractivity contribution is 7.90. The average Bonchev–Trinajstić information content (AvgIpc) is 2.47. The second-order valence-electron chi connectivity index (χ2n) is 4.08.